The van der Waals surface area contributed by atoms with Crippen LogP contribution in [0.2, 0.25) is 0 Å². The summed E-state index contributed by atoms with van der Waals surface area (Å²) in [4.78, 5) is 32.7. The lowest BCUT2D eigenvalue weighted by molar-refractivity contribution is -0.142. The number of nitrogens with two attached hydrogens (primary N) is 1. The molecule has 1 aliphatic rings. The van der Waals surface area contributed by atoms with Gasteiger partial charge >= 0.3 is 12.1 Å². The first kappa shape index (κ1) is 26.6. The number of carbonyl (C=O) groups excluding carboxylic acids is 2. The number of benzene rings is 2. The Balaban J connectivity index is 1.66. The van der Waals surface area contributed by atoms with E-state index in [9.17, 15) is 18.0 Å². The number of rotatable bonds is 7. The smallest absolute Gasteiger partial charge is 0.411 e. The summed E-state index contributed by atoms with van der Waals surface area (Å²) in [6.45, 7) is 5.76. The molecule has 0 aliphatic carbocycles. The quantitative estimate of drug-likeness (QED) is 0.333. The van der Waals surface area contributed by atoms with Crippen molar-refractivity contribution in [2.24, 2.45) is 5.14 Å². The number of carbonyl (C=O) groups is 2. The number of hydrogen-bond donors (Lipinski definition) is 2. The van der Waals surface area contributed by atoms with Crippen LogP contribution < -0.4 is 15.4 Å². The van der Waals surface area contributed by atoms with Crippen molar-refractivity contribution in [3.05, 3.63) is 60.2 Å². The van der Waals surface area contributed by atoms with Gasteiger partial charge in [0.05, 0.1) is 17.5 Å². The molecule has 0 bridgehead atoms. The molecular formula is C24H31N3O7S. The summed E-state index contributed by atoms with van der Waals surface area (Å²) in [7, 11) is -3.87. The monoisotopic (exact) mass is 505 g/mol. The molecule has 0 spiro atoms. The van der Waals surface area contributed by atoms with Gasteiger partial charge < -0.3 is 9.47 Å². The number of primary sulfonamides is 1. The molecule has 0 saturated carbocycles. The highest BCUT2D eigenvalue weighted by molar-refractivity contribution is 7.89. The molecule has 2 aromatic carbocycles. The van der Waals surface area contributed by atoms with Gasteiger partial charge in [-0.15, -0.1) is 0 Å². The summed E-state index contributed by atoms with van der Waals surface area (Å²) in [6, 6.07) is 13.7. The Bertz CT molecular complexity index is 1120. The Labute approximate surface area is 205 Å². The van der Waals surface area contributed by atoms with Gasteiger partial charge in [-0.05, 0) is 63.4 Å². The van der Waals surface area contributed by atoms with Crippen LogP contribution in [0.1, 0.15) is 39.2 Å². The average Bonchev–Trinajstić information content (AvgIpc) is 2.78. The number of ether oxygens (including phenoxy) is 2. The molecular weight excluding hydrogens is 474 g/mol. The summed E-state index contributed by atoms with van der Waals surface area (Å²) in [5.41, 5.74) is 3.22. The first-order valence-corrected chi connectivity index (χ1v) is 12.7. The molecule has 0 aromatic heterocycles. The van der Waals surface area contributed by atoms with Crippen LogP contribution in [0.4, 0.5) is 4.79 Å². The Hall–Kier alpha value is -2.99. The predicted octanol–water partition coefficient (Wildman–Crippen LogP) is 2.73. The third-order valence-corrected chi connectivity index (χ3v) is 6.11. The van der Waals surface area contributed by atoms with Gasteiger partial charge in [0.25, 0.3) is 0 Å². The van der Waals surface area contributed by atoms with E-state index in [1.54, 1.807) is 20.8 Å². The molecule has 1 fully saturated rings. The largest absolute Gasteiger partial charge is 0.444 e. The fraction of sp³-hybridized carbons (Fsp3) is 0.417. The zero-order chi connectivity index (χ0) is 25.6. The summed E-state index contributed by atoms with van der Waals surface area (Å²) >= 11 is 0. The van der Waals surface area contributed by atoms with E-state index >= 15 is 0 Å². The molecule has 3 N–H and O–H groups in total. The molecule has 1 saturated heterocycles. The van der Waals surface area contributed by atoms with Crippen LogP contribution in [0.25, 0.3) is 0 Å². The third kappa shape index (κ3) is 8.03. The van der Waals surface area contributed by atoms with Crippen LogP contribution in [0.5, 0.6) is 5.75 Å². The molecule has 3 rings (SSSR count). The van der Waals surface area contributed by atoms with E-state index in [0.29, 0.717) is 19.4 Å². The molecule has 0 unspecified atom stereocenters. The summed E-state index contributed by atoms with van der Waals surface area (Å²) in [6.07, 6.45) is 0.233. The highest BCUT2D eigenvalue weighted by Gasteiger charge is 2.39. The second-order valence-electron chi connectivity index (χ2n) is 9.25. The van der Waals surface area contributed by atoms with Gasteiger partial charge in [0.1, 0.15) is 17.4 Å². The fourth-order valence-electron chi connectivity index (χ4n) is 3.53. The van der Waals surface area contributed by atoms with Crippen molar-refractivity contribution in [1.82, 2.24) is 10.4 Å². The molecule has 2 atom stereocenters. The minimum absolute atomic E-state index is 0.102. The van der Waals surface area contributed by atoms with Crippen LogP contribution in [-0.2, 0) is 31.0 Å². The van der Waals surface area contributed by atoms with Crippen LogP contribution in [0.15, 0.2) is 59.5 Å². The summed E-state index contributed by atoms with van der Waals surface area (Å²) in [5.74, 6) is -0.513. The highest BCUT2D eigenvalue weighted by Crippen LogP contribution is 2.24. The standard InChI is InChI=1S/C24H31N3O7S/c1-24(2,3)34-23(29)27-15-18(26-32-16-17-7-5-4-6-8-17)9-14-21(27)22(28)33-19-10-12-20(13-11-19)35(25,30)31/h4-8,10-13,18,21,26H,9,14-16H2,1-3H3,(H2,25,30,31)/t18-,21+/m1/s1. The van der Waals surface area contributed by atoms with Crippen LogP contribution in [0, 0.1) is 0 Å². The summed E-state index contributed by atoms with van der Waals surface area (Å²) in [5, 5.41) is 5.10. The number of likely N-dealkylation sites (tertiary alicyclic amines) is 1. The van der Waals surface area contributed by atoms with Crippen molar-refractivity contribution in [2.45, 2.75) is 62.8 Å². The van der Waals surface area contributed by atoms with Crippen molar-refractivity contribution in [1.29, 1.82) is 0 Å². The zero-order valence-corrected chi connectivity index (χ0v) is 20.8. The van der Waals surface area contributed by atoms with Crippen molar-refractivity contribution in [3.63, 3.8) is 0 Å². The topological polar surface area (TPSA) is 137 Å². The third-order valence-electron chi connectivity index (χ3n) is 5.18. The van der Waals surface area contributed by atoms with Crippen molar-refractivity contribution in [3.8, 4) is 5.75 Å². The average molecular weight is 506 g/mol. The molecule has 190 valence electrons. The first-order chi connectivity index (χ1) is 16.4. The van der Waals surface area contributed by atoms with Gasteiger partial charge in [-0.3, -0.25) is 9.74 Å². The number of nitrogens with zero attached hydrogens (tertiary/aromatic N) is 1. The minimum atomic E-state index is -3.87. The number of esters is 1. The normalized spacial score (nSPS) is 18.7. The van der Waals surface area contributed by atoms with E-state index < -0.39 is 33.7 Å². The molecule has 0 radical (unpaired) electrons. The van der Waals surface area contributed by atoms with E-state index in [2.05, 4.69) is 5.48 Å². The highest BCUT2D eigenvalue weighted by atomic mass is 32.2. The molecule has 10 nitrogen and oxygen atoms in total. The van der Waals surface area contributed by atoms with Gasteiger partial charge in [0.15, 0.2) is 0 Å². The van der Waals surface area contributed by atoms with Crippen LogP contribution in [-0.4, -0.2) is 49.6 Å². The lowest BCUT2D eigenvalue weighted by Crippen LogP contribution is -2.57. The first-order valence-electron chi connectivity index (χ1n) is 11.2. The number of hydrogen-bond acceptors (Lipinski definition) is 8. The van der Waals surface area contributed by atoms with E-state index in [0.717, 1.165) is 5.56 Å². The second-order valence-corrected chi connectivity index (χ2v) is 10.8. The van der Waals surface area contributed by atoms with Crippen LogP contribution >= 0.6 is 0 Å². The summed E-state index contributed by atoms with van der Waals surface area (Å²) < 4.78 is 33.8. The number of amides is 1. The molecule has 1 heterocycles. The van der Waals surface area contributed by atoms with E-state index in [-0.39, 0.29) is 23.2 Å². The molecule has 11 heteroatoms. The fourth-order valence-corrected chi connectivity index (χ4v) is 4.05. The molecule has 1 amide bonds. The number of piperidine rings is 1. The van der Waals surface area contributed by atoms with Gasteiger partial charge in [0.2, 0.25) is 10.0 Å². The van der Waals surface area contributed by atoms with Gasteiger partial charge in [-0.1, -0.05) is 30.3 Å². The predicted molar refractivity (Wildman–Crippen MR) is 128 cm³/mol. The Morgan fingerprint density at radius 3 is 2.31 bits per heavy atom. The lowest BCUT2D eigenvalue weighted by Gasteiger charge is -2.38. The van der Waals surface area contributed by atoms with Gasteiger partial charge in [-0.2, -0.15) is 5.48 Å². The van der Waals surface area contributed by atoms with Gasteiger partial charge in [-0.25, -0.2) is 23.1 Å². The van der Waals surface area contributed by atoms with Crippen LogP contribution in [0.3, 0.4) is 0 Å². The van der Waals surface area contributed by atoms with E-state index in [1.807, 2.05) is 30.3 Å². The van der Waals surface area contributed by atoms with E-state index in [1.165, 1.54) is 29.2 Å². The second kappa shape index (κ2) is 11.2. The lowest BCUT2D eigenvalue weighted by atomic mass is 9.99. The molecule has 35 heavy (non-hydrogen) atoms. The maximum absolute atomic E-state index is 13.0. The number of hydroxylamine groups is 1. The molecule has 1 aliphatic heterocycles. The number of nitrogens with one attached hydrogen (secondary N) is 1. The van der Waals surface area contributed by atoms with Crippen molar-refractivity contribution >= 4 is 22.1 Å². The minimum Gasteiger partial charge on any atom is -0.444 e. The van der Waals surface area contributed by atoms with Crippen molar-refractivity contribution in [2.75, 3.05) is 6.54 Å². The SMILES string of the molecule is CC(C)(C)OC(=O)N1C[C@H](NOCc2ccccc2)CC[C@H]1C(=O)Oc1ccc(S(N)(=O)=O)cc1. The maximum atomic E-state index is 13.0. The van der Waals surface area contributed by atoms with E-state index in [4.69, 9.17) is 19.5 Å². The Morgan fingerprint density at radius 1 is 1.06 bits per heavy atom. The molecule has 2 aromatic rings. The zero-order valence-electron chi connectivity index (χ0n) is 20.0. The van der Waals surface area contributed by atoms with Crippen molar-refractivity contribution < 1.29 is 32.3 Å². The Morgan fingerprint density at radius 2 is 1.71 bits per heavy atom. The maximum Gasteiger partial charge on any atom is 0.411 e. The number of sulfonamides is 1. The van der Waals surface area contributed by atoms with Gasteiger partial charge in [0, 0.05) is 6.54 Å². The Kier molecular flexibility index (Phi) is 8.49.